The third kappa shape index (κ3) is 1.95. The first-order valence-corrected chi connectivity index (χ1v) is 5.26. The summed E-state index contributed by atoms with van der Waals surface area (Å²) in [6, 6.07) is -0.0116. The van der Waals surface area contributed by atoms with Crippen LogP contribution in [-0.2, 0) is 14.9 Å². The number of hydrogen-bond donors (Lipinski definition) is 1. The predicted octanol–water partition coefficient (Wildman–Crippen LogP) is -0.829. The van der Waals surface area contributed by atoms with Crippen molar-refractivity contribution in [2.45, 2.75) is 12.5 Å². The van der Waals surface area contributed by atoms with Crippen LogP contribution in [0, 0.1) is 0 Å². The summed E-state index contributed by atoms with van der Waals surface area (Å²) in [4.78, 5) is 0. The number of nitrogens with one attached hydrogen (secondary N) is 1. The second-order valence-corrected chi connectivity index (χ2v) is 4.68. The average molecular weight is 194 g/mol. The zero-order valence-electron chi connectivity index (χ0n) is 7.28. The van der Waals surface area contributed by atoms with Crippen LogP contribution in [0.3, 0.4) is 0 Å². The highest BCUT2D eigenvalue weighted by atomic mass is 32.2. The van der Waals surface area contributed by atoms with Gasteiger partial charge in [-0.05, 0) is 6.42 Å². The summed E-state index contributed by atoms with van der Waals surface area (Å²) in [7, 11) is -0.313. The quantitative estimate of drug-likeness (QED) is 0.638. The predicted molar refractivity (Wildman–Crippen MR) is 45.0 cm³/mol. The van der Waals surface area contributed by atoms with Crippen LogP contribution in [0.4, 0.5) is 0 Å². The van der Waals surface area contributed by atoms with E-state index in [1.165, 1.54) is 11.4 Å². The Morgan fingerprint density at radius 3 is 2.67 bits per heavy atom. The van der Waals surface area contributed by atoms with E-state index >= 15 is 0 Å². The molecule has 0 aromatic carbocycles. The van der Waals surface area contributed by atoms with E-state index in [0.717, 1.165) is 6.42 Å². The Bertz CT molecular complexity index is 233. The van der Waals surface area contributed by atoms with E-state index in [-0.39, 0.29) is 6.04 Å². The van der Waals surface area contributed by atoms with Gasteiger partial charge in [-0.2, -0.15) is 12.7 Å². The monoisotopic (exact) mass is 194 g/mol. The lowest BCUT2D eigenvalue weighted by Gasteiger charge is -2.21. The second-order valence-electron chi connectivity index (χ2n) is 2.74. The lowest BCUT2D eigenvalue weighted by molar-refractivity contribution is 0.180. The second kappa shape index (κ2) is 3.69. The molecule has 1 unspecified atom stereocenters. The molecule has 72 valence electrons. The minimum atomic E-state index is -3.28. The van der Waals surface area contributed by atoms with Crippen molar-refractivity contribution in [3.8, 4) is 0 Å². The van der Waals surface area contributed by atoms with E-state index in [4.69, 9.17) is 4.74 Å². The highest BCUT2D eigenvalue weighted by Crippen LogP contribution is 2.12. The third-order valence-electron chi connectivity index (χ3n) is 2.06. The fraction of sp³-hybridized carbons (Fsp3) is 1.00. The smallest absolute Gasteiger partial charge is 0.279 e. The van der Waals surface area contributed by atoms with Crippen LogP contribution >= 0.6 is 0 Å². The molecule has 0 bridgehead atoms. The maximum Gasteiger partial charge on any atom is 0.279 e. The number of ether oxygens (including phenoxy) is 1. The largest absolute Gasteiger partial charge is 0.380 e. The number of hydrogen-bond acceptors (Lipinski definition) is 3. The molecule has 0 aliphatic carbocycles. The van der Waals surface area contributed by atoms with E-state index in [2.05, 4.69) is 4.72 Å². The van der Waals surface area contributed by atoms with Gasteiger partial charge in [-0.15, -0.1) is 0 Å². The molecule has 1 aliphatic rings. The van der Waals surface area contributed by atoms with Crippen LogP contribution in [0.1, 0.15) is 6.42 Å². The summed E-state index contributed by atoms with van der Waals surface area (Å²) in [5, 5.41) is 0. The fourth-order valence-corrected chi connectivity index (χ4v) is 2.00. The van der Waals surface area contributed by atoms with Gasteiger partial charge in [0.2, 0.25) is 0 Å². The first-order valence-electron chi connectivity index (χ1n) is 3.82. The maximum atomic E-state index is 11.2. The third-order valence-corrected chi connectivity index (χ3v) is 3.63. The molecule has 1 fully saturated rings. The van der Waals surface area contributed by atoms with Gasteiger partial charge in [0, 0.05) is 20.7 Å². The van der Waals surface area contributed by atoms with Gasteiger partial charge < -0.3 is 4.74 Å². The summed E-state index contributed by atoms with van der Waals surface area (Å²) in [5.41, 5.74) is 0. The molecule has 0 aromatic heterocycles. The Morgan fingerprint density at radius 2 is 2.25 bits per heavy atom. The van der Waals surface area contributed by atoms with E-state index < -0.39 is 10.2 Å². The van der Waals surface area contributed by atoms with Gasteiger partial charge in [-0.3, -0.25) is 0 Å². The molecule has 0 saturated carbocycles. The van der Waals surface area contributed by atoms with Crippen LogP contribution in [-0.4, -0.2) is 46.1 Å². The molecule has 1 aliphatic heterocycles. The molecule has 0 amide bonds. The standard InChI is InChI=1S/C6H14N2O3S/c1-7-12(9,10)8(2)6-3-4-11-5-6/h6-7H,3-5H2,1-2H3. The lowest BCUT2D eigenvalue weighted by Crippen LogP contribution is -2.43. The van der Waals surface area contributed by atoms with E-state index in [1.807, 2.05) is 0 Å². The molecule has 6 heteroatoms. The molecular formula is C6H14N2O3S. The van der Waals surface area contributed by atoms with Crippen LogP contribution < -0.4 is 4.72 Å². The van der Waals surface area contributed by atoms with Gasteiger partial charge in [0.15, 0.2) is 0 Å². The Balaban J connectivity index is 2.63. The Kier molecular flexibility index (Phi) is 3.05. The Hall–Kier alpha value is -0.170. The molecule has 12 heavy (non-hydrogen) atoms. The molecule has 0 radical (unpaired) electrons. The molecule has 1 rings (SSSR count). The maximum absolute atomic E-state index is 11.2. The Labute approximate surface area is 72.9 Å². The van der Waals surface area contributed by atoms with Crippen LogP contribution in [0.5, 0.6) is 0 Å². The first-order chi connectivity index (χ1) is 5.58. The van der Waals surface area contributed by atoms with Crippen LogP contribution in [0.15, 0.2) is 0 Å². The van der Waals surface area contributed by atoms with Crippen molar-refractivity contribution in [1.82, 2.24) is 9.03 Å². The SMILES string of the molecule is CNS(=O)(=O)N(C)C1CCOC1. The van der Waals surface area contributed by atoms with Crippen molar-refractivity contribution in [3.63, 3.8) is 0 Å². The molecule has 1 saturated heterocycles. The van der Waals surface area contributed by atoms with Gasteiger partial charge >= 0.3 is 0 Å². The average Bonchev–Trinajstić information content (AvgIpc) is 2.55. The zero-order chi connectivity index (χ0) is 9.19. The van der Waals surface area contributed by atoms with E-state index in [9.17, 15) is 8.42 Å². The molecule has 1 N–H and O–H groups in total. The minimum absolute atomic E-state index is 0.0116. The van der Waals surface area contributed by atoms with Gasteiger partial charge in [-0.1, -0.05) is 0 Å². The number of rotatable bonds is 3. The zero-order valence-corrected chi connectivity index (χ0v) is 8.10. The van der Waals surface area contributed by atoms with Gasteiger partial charge in [-0.25, -0.2) is 4.72 Å². The number of nitrogens with zero attached hydrogens (tertiary/aromatic N) is 1. The van der Waals surface area contributed by atoms with Crippen molar-refractivity contribution in [3.05, 3.63) is 0 Å². The van der Waals surface area contributed by atoms with Crippen molar-refractivity contribution in [2.24, 2.45) is 0 Å². The molecule has 0 spiro atoms. The lowest BCUT2D eigenvalue weighted by atomic mass is 10.3. The summed E-state index contributed by atoms with van der Waals surface area (Å²) in [6.07, 6.45) is 0.775. The summed E-state index contributed by atoms with van der Waals surface area (Å²) in [5.74, 6) is 0. The van der Waals surface area contributed by atoms with Gasteiger partial charge in [0.05, 0.1) is 12.6 Å². The highest BCUT2D eigenvalue weighted by molar-refractivity contribution is 7.87. The van der Waals surface area contributed by atoms with Gasteiger partial charge in [0.25, 0.3) is 10.2 Å². The van der Waals surface area contributed by atoms with Crippen molar-refractivity contribution < 1.29 is 13.2 Å². The van der Waals surface area contributed by atoms with Crippen molar-refractivity contribution >= 4 is 10.2 Å². The Morgan fingerprint density at radius 1 is 1.58 bits per heavy atom. The summed E-state index contributed by atoms with van der Waals surface area (Å²) in [6.45, 7) is 1.14. The van der Waals surface area contributed by atoms with Crippen LogP contribution in [0.25, 0.3) is 0 Å². The van der Waals surface area contributed by atoms with Crippen molar-refractivity contribution in [2.75, 3.05) is 27.3 Å². The van der Waals surface area contributed by atoms with Gasteiger partial charge in [0.1, 0.15) is 0 Å². The topological polar surface area (TPSA) is 58.6 Å². The highest BCUT2D eigenvalue weighted by Gasteiger charge is 2.27. The van der Waals surface area contributed by atoms with Crippen molar-refractivity contribution in [1.29, 1.82) is 0 Å². The van der Waals surface area contributed by atoms with Crippen LogP contribution in [0.2, 0.25) is 0 Å². The van der Waals surface area contributed by atoms with E-state index in [0.29, 0.717) is 13.2 Å². The molecular weight excluding hydrogens is 180 g/mol. The molecule has 0 aromatic rings. The number of likely N-dealkylation sites (N-methyl/N-ethyl adjacent to an activating group) is 1. The molecule has 1 heterocycles. The van der Waals surface area contributed by atoms with E-state index in [1.54, 1.807) is 7.05 Å². The fourth-order valence-electron chi connectivity index (χ4n) is 1.15. The minimum Gasteiger partial charge on any atom is -0.380 e. The molecule has 1 atom stereocenters. The first kappa shape index (κ1) is 9.91. The molecule has 5 nitrogen and oxygen atoms in total. The summed E-state index contributed by atoms with van der Waals surface area (Å²) < 4.78 is 31.2. The summed E-state index contributed by atoms with van der Waals surface area (Å²) >= 11 is 0. The normalized spacial score (nSPS) is 25.1.